The van der Waals surface area contributed by atoms with Crippen molar-refractivity contribution >= 4 is 33.0 Å². The van der Waals surface area contributed by atoms with Gasteiger partial charge in [-0.3, -0.25) is 9.59 Å². The van der Waals surface area contributed by atoms with Gasteiger partial charge in [-0.1, -0.05) is 24.3 Å². The van der Waals surface area contributed by atoms with E-state index in [0.29, 0.717) is 11.0 Å². The van der Waals surface area contributed by atoms with Gasteiger partial charge in [0, 0.05) is 26.3 Å². The Morgan fingerprint density at radius 3 is 2.61 bits per heavy atom. The molecule has 3 rings (SSSR count). The zero-order chi connectivity index (χ0) is 22.3. The molecule has 1 aromatic heterocycles. The van der Waals surface area contributed by atoms with Crippen LogP contribution in [-0.2, 0) is 26.1 Å². The molecule has 0 aliphatic carbocycles. The number of rotatable bonds is 9. The summed E-state index contributed by atoms with van der Waals surface area (Å²) in [6, 6.07) is 13.0. The van der Waals surface area contributed by atoms with E-state index in [4.69, 9.17) is 9.15 Å². The first-order valence-electron chi connectivity index (χ1n) is 9.45. The van der Waals surface area contributed by atoms with Crippen LogP contribution >= 0.6 is 0 Å². The quantitative estimate of drug-likeness (QED) is 0.387. The van der Waals surface area contributed by atoms with Crippen molar-refractivity contribution in [2.45, 2.75) is 11.4 Å². The highest BCUT2D eigenvalue weighted by molar-refractivity contribution is 7.89. The number of nitrogens with one attached hydrogen (secondary N) is 2. The molecule has 0 unspecified atom stereocenters. The minimum absolute atomic E-state index is 0.126. The zero-order valence-electron chi connectivity index (χ0n) is 16.8. The van der Waals surface area contributed by atoms with E-state index in [1.807, 2.05) is 0 Å². The van der Waals surface area contributed by atoms with Gasteiger partial charge in [0.25, 0.3) is 0 Å². The van der Waals surface area contributed by atoms with Crippen molar-refractivity contribution in [1.82, 2.24) is 10.0 Å². The van der Waals surface area contributed by atoms with Gasteiger partial charge < -0.3 is 14.5 Å². The first kappa shape index (κ1) is 22.4. The van der Waals surface area contributed by atoms with Crippen LogP contribution in [-0.4, -0.2) is 34.6 Å². The molecule has 0 fully saturated rings. The second kappa shape index (κ2) is 10.2. The fraction of sp³-hybridized carbons (Fsp3) is 0.182. The summed E-state index contributed by atoms with van der Waals surface area (Å²) in [7, 11) is -2.12. The van der Waals surface area contributed by atoms with Crippen LogP contribution in [0.1, 0.15) is 11.1 Å². The number of amides is 1. The van der Waals surface area contributed by atoms with Crippen LogP contribution in [0.2, 0.25) is 0 Å². The van der Waals surface area contributed by atoms with E-state index in [0.717, 1.165) is 5.56 Å². The standard InChI is InChI=1S/C22H22N2O6S/c1-29-13-12-24-31(27,28)18-9-6-16(7-10-18)14-23-21(25)11-8-17-15-30-20-5-3-2-4-19(20)22(17)26/h2-11,15,24H,12-14H2,1H3,(H,23,25)/b11-8+. The number of para-hydroxylation sites is 1. The topological polar surface area (TPSA) is 115 Å². The molecule has 0 aliphatic heterocycles. The Labute approximate surface area is 179 Å². The Morgan fingerprint density at radius 2 is 1.87 bits per heavy atom. The Kier molecular flexibility index (Phi) is 7.35. The number of hydrogen-bond acceptors (Lipinski definition) is 6. The molecule has 8 nitrogen and oxygen atoms in total. The van der Waals surface area contributed by atoms with Gasteiger partial charge in [-0.25, -0.2) is 13.1 Å². The Bertz CT molecular complexity index is 1250. The Balaban J connectivity index is 1.58. The Hall–Kier alpha value is -3.27. The summed E-state index contributed by atoms with van der Waals surface area (Å²) < 4.78 is 36.9. The predicted octanol–water partition coefficient (Wildman–Crippen LogP) is 2.05. The average molecular weight is 442 g/mol. The van der Waals surface area contributed by atoms with Crippen molar-refractivity contribution in [1.29, 1.82) is 0 Å². The second-order valence-electron chi connectivity index (χ2n) is 6.60. The SMILES string of the molecule is COCCNS(=O)(=O)c1ccc(CNC(=O)/C=C/c2coc3ccccc3c2=O)cc1. The van der Waals surface area contributed by atoms with Gasteiger partial charge in [-0.2, -0.15) is 0 Å². The number of sulfonamides is 1. The molecule has 1 heterocycles. The van der Waals surface area contributed by atoms with Crippen molar-refractivity contribution < 1.29 is 22.4 Å². The molecular formula is C22H22N2O6S. The van der Waals surface area contributed by atoms with Gasteiger partial charge in [0.15, 0.2) is 5.43 Å². The molecular weight excluding hydrogens is 420 g/mol. The molecule has 9 heteroatoms. The van der Waals surface area contributed by atoms with E-state index >= 15 is 0 Å². The molecule has 162 valence electrons. The first-order valence-corrected chi connectivity index (χ1v) is 10.9. The minimum Gasteiger partial charge on any atom is -0.463 e. The van der Waals surface area contributed by atoms with Gasteiger partial charge in [0.1, 0.15) is 11.8 Å². The maximum atomic E-state index is 12.4. The molecule has 0 saturated carbocycles. The van der Waals surface area contributed by atoms with Gasteiger partial charge in [-0.05, 0) is 35.9 Å². The third-order valence-corrected chi connectivity index (χ3v) is 5.90. The van der Waals surface area contributed by atoms with Crippen LogP contribution in [0.15, 0.2) is 75.0 Å². The highest BCUT2D eigenvalue weighted by Gasteiger charge is 2.13. The van der Waals surface area contributed by atoms with E-state index in [2.05, 4.69) is 10.0 Å². The second-order valence-corrected chi connectivity index (χ2v) is 8.37. The van der Waals surface area contributed by atoms with E-state index in [1.165, 1.54) is 37.7 Å². The van der Waals surface area contributed by atoms with Gasteiger partial charge >= 0.3 is 0 Å². The number of benzene rings is 2. The lowest BCUT2D eigenvalue weighted by atomic mass is 10.1. The maximum Gasteiger partial charge on any atom is 0.244 e. The van der Waals surface area contributed by atoms with E-state index in [9.17, 15) is 18.0 Å². The van der Waals surface area contributed by atoms with Crippen LogP contribution in [0.25, 0.3) is 17.0 Å². The maximum absolute atomic E-state index is 12.4. The summed E-state index contributed by atoms with van der Waals surface area (Å²) in [6.07, 6.45) is 3.96. The molecule has 1 amide bonds. The summed E-state index contributed by atoms with van der Waals surface area (Å²) in [4.78, 5) is 24.6. The van der Waals surface area contributed by atoms with Gasteiger partial charge in [0.05, 0.1) is 22.5 Å². The molecule has 0 radical (unpaired) electrons. The van der Waals surface area contributed by atoms with Gasteiger partial charge in [-0.15, -0.1) is 0 Å². The number of carbonyl (C=O) groups is 1. The molecule has 0 aliphatic rings. The molecule has 0 saturated heterocycles. The lowest BCUT2D eigenvalue weighted by Gasteiger charge is -2.07. The highest BCUT2D eigenvalue weighted by atomic mass is 32.2. The van der Waals surface area contributed by atoms with E-state index < -0.39 is 15.9 Å². The van der Waals surface area contributed by atoms with E-state index in [-0.39, 0.29) is 35.6 Å². The lowest BCUT2D eigenvalue weighted by Crippen LogP contribution is -2.27. The number of hydrogen-bond donors (Lipinski definition) is 2. The molecule has 2 aromatic carbocycles. The zero-order valence-corrected chi connectivity index (χ0v) is 17.6. The molecule has 3 aromatic rings. The smallest absolute Gasteiger partial charge is 0.244 e. The predicted molar refractivity (Wildman–Crippen MR) is 117 cm³/mol. The van der Waals surface area contributed by atoms with Crippen molar-refractivity contribution in [3.8, 4) is 0 Å². The summed E-state index contributed by atoms with van der Waals surface area (Å²) in [5, 5.41) is 3.13. The van der Waals surface area contributed by atoms with Crippen molar-refractivity contribution in [3.05, 3.63) is 82.2 Å². The number of methoxy groups -OCH3 is 1. The molecule has 31 heavy (non-hydrogen) atoms. The molecule has 0 bridgehead atoms. The third-order valence-electron chi connectivity index (χ3n) is 4.42. The summed E-state index contributed by atoms with van der Waals surface area (Å²) >= 11 is 0. The lowest BCUT2D eigenvalue weighted by molar-refractivity contribution is -0.116. The summed E-state index contributed by atoms with van der Waals surface area (Å²) in [5.74, 6) is -0.398. The van der Waals surface area contributed by atoms with Crippen molar-refractivity contribution in [3.63, 3.8) is 0 Å². The minimum atomic E-state index is -3.61. The summed E-state index contributed by atoms with van der Waals surface area (Å²) in [5.41, 5.74) is 1.25. The fourth-order valence-corrected chi connectivity index (χ4v) is 3.78. The van der Waals surface area contributed by atoms with Crippen LogP contribution in [0.3, 0.4) is 0 Å². The normalized spacial score (nSPS) is 11.8. The van der Waals surface area contributed by atoms with Crippen LogP contribution in [0.5, 0.6) is 0 Å². The Morgan fingerprint density at radius 1 is 1.13 bits per heavy atom. The van der Waals surface area contributed by atoms with Crippen molar-refractivity contribution in [2.24, 2.45) is 0 Å². The average Bonchev–Trinajstić information content (AvgIpc) is 2.78. The molecule has 0 spiro atoms. The number of ether oxygens (including phenoxy) is 1. The molecule has 0 atom stereocenters. The van der Waals surface area contributed by atoms with Crippen LogP contribution in [0.4, 0.5) is 0 Å². The van der Waals surface area contributed by atoms with Crippen LogP contribution in [0, 0.1) is 0 Å². The monoisotopic (exact) mass is 442 g/mol. The van der Waals surface area contributed by atoms with Crippen LogP contribution < -0.4 is 15.5 Å². The number of carbonyl (C=O) groups excluding carboxylic acids is 1. The van der Waals surface area contributed by atoms with E-state index in [1.54, 1.807) is 36.4 Å². The van der Waals surface area contributed by atoms with Crippen molar-refractivity contribution in [2.75, 3.05) is 20.3 Å². The first-order chi connectivity index (χ1) is 14.9. The largest absolute Gasteiger partial charge is 0.463 e. The highest BCUT2D eigenvalue weighted by Crippen LogP contribution is 2.12. The molecule has 2 N–H and O–H groups in total. The van der Waals surface area contributed by atoms with Gasteiger partial charge in [0.2, 0.25) is 15.9 Å². The summed E-state index contributed by atoms with van der Waals surface area (Å²) in [6.45, 7) is 0.656. The third kappa shape index (κ3) is 5.88. The fourth-order valence-electron chi connectivity index (χ4n) is 2.77. The number of fused-ring (bicyclic) bond motifs is 1.